The van der Waals surface area contributed by atoms with Crippen LogP contribution in [0.2, 0.25) is 0 Å². The average Bonchev–Trinajstić information content (AvgIpc) is 3.38. The van der Waals surface area contributed by atoms with Crippen LogP contribution >= 0.6 is 0 Å². The van der Waals surface area contributed by atoms with Crippen LogP contribution in [0.3, 0.4) is 0 Å². The van der Waals surface area contributed by atoms with Crippen LogP contribution in [0.25, 0.3) is 11.1 Å². The van der Waals surface area contributed by atoms with E-state index in [4.69, 9.17) is 19.1 Å². The number of carbonyl (C=O) groups is 3. The van der Waals surface area contributed by atoms with E-state index in [9.17, 15) is 14.4 Å². The minimum atomic E-state index is -1.24. The predicted octanol–water partition coefficient (Wildman–Crippen LogP) is 3.73. The Morgan fingerprint density at radius 1 is 1.03 bits per heavy atom. The van der Waals surface area contributed by atoms with Gasteiger partial charge in [0, 0.05) is 19.0 Å². The fourth-order valence-corrected chi connectivity index (χ4v) is 3.67. The maximum absolute atomic E-state index is 12.4. The van der Waals surface area contributed by atoms with Crippen LogP contribution in [0.5, 0.6) is 0 Å². The van der Waals surface area contributed by atoms with Crippen molar-refractivity contribution in [1.29, 1.82) is 0 Å². The zero-order chi connectivity index (χ0) is 22.7. The monoisotopic (exact) mass is 436 g/mol. The Labute approximate surface area is 183 Å². The van der Waals surface area contributed by atoms with Crippen molar-refractivity contribution in [2.24, 2.45) is 0 Å². The van der Waals surface area contributed by atoms with Gasteiger partial charge in [-0.05, 0) is 22.3 Å². The quantitative estimate of drug-likeness (QED) is 0.542. The topological polar surface area (TPSA) is 118 Å². The molecule has 9 nitrogen and oxygen atoms in total. The fraction of sp³-hybridized carbons (Fsp3) is 0.174. The molecule has 32 heavy (non-hydrogen) atoms. The fourth-order valence-electron chi connectivity index (χ4n) is 3.67. The highest BCUT2D eigenvalue weighted by Gasteiger charge is 2.29. The second-order valence-corrected chi connectivity index (χ2v) is 7.08. The van der Waals surface area contributed by atoms with E-state index < -0.39 is 24.6 Å². The summed E-state index contributed by atoms with van der Waals surface area (Å²) in [6.07, 6.45) is 0.466. The molecule has 1 heterocycles. The summed E-state index contributed by atoms with van der Waals surface area (Å²) < 4.78 is 10.6. The number of rotatable bonds is 7. The van der Waals surface area contributed by atoms with Crippen LogP contribution in [0.1, 0.15) is 27.6 Å². The normalized spacial score (nSPS) is 12.0. The Morgan fingerprint density at radius 3 is 2.28 bits per heavy atom. The predicted molar refractivity (Wildman–Crippen MR) is 113 cm³/mol. The smallest absolute Gasteiger partial charge is 0.411 e. The highest BCUT2D eigenvalue weighted by Crippen LogP contribution is 2.44. The zero-order valence-corrected chi connectivity index (χ0v) is 17.1. The molecule has 1 aliphatic carbocycles. The van der Waals surface area contributed by atoms with Crippen LogP contribution < -0.4 is 5.32 Å². The number of amides is 2. The maximum atomic E-state index is 12.4. The number of carboxylic acid groups (broad SMARTS) is 1. The lowest BCUT2D eigenvalue weighted by molar-refractivity contribution is -0.159. The molecule has 9 heteroatoms. The number of furan rings is 1. The molecule has 0 radical (unpaired) electrons. The first-order valence-electron chi connectivity index (χ1n) is 9.78. The molecule has 0 spiro atoms. The molecule has 2 aromatic carbocycles. The zero-order valence-electron chi connectivity index (χ0n) is 17.1. The van der Waals surface area contributed by atoms with E-state index in [1.807, 2.05) is 48.5 Å². The lowest BCUT2D eigenvalue weighted by Gasteiger charge is -2.16. The van der Waals surface area contributed by atoms with E-state index in [0.717, 1.165) is 27.3 Å². The summed E-state index contributed by atoms with van der Waals surface area (Å²) in [5, 5.41) is 11.9. The summed E-state index contributed by atoms with van der Waals surface area (Å²) in [5.41, 5.74) is 4.47. The van der Waals surface area contributed by atoms with Gasteiger partial charge in [-0.1, -0.05) is 48.5 Å². The van der Waals surface area contributed by atoms with Gasteiger partial charge in [-0.15, -0.1) is 0 Å². The van der Waals surface area contributed by atoms with Gasteiger partial charge in [0.25, 0.3) is 0 Å². The molecule has 1 aromatic heterocycles. The molecule has 3 aromatic rings. The molecule has 0 aliphatic heterocycles. The van der Waals surface area contributed by atoms with Gasteiger partial charge in [-0.3, -0.25) is 14.9 Å². The molecule has 1 aliphatic rings. The molecular formula is C23H20N2O7. The number of benzene rings is 2. The minimum absolute atomic E-state index is 0.0815. The number of hydrogen-bond acceptors (Lipinski definition) is 6. The molecule has 0 fully saturated rings. The van der Waals surface area contributed by atoms with Gasteiger partial charge >= 0.3 is 18.0 Å². The lowest BCUT2D eigenvalue weighted by Crippen LogP contribution is -2.30. The number of carboxylic acids is 1. The molecule has 2 N–H and O–H groups in total. The summed E-state index contributed by atoms with van der Waals surface area (Å²) in [4.78, 5) is 40.2. The number of hydroxylamine groups is 2. The Balaban J connectivity index is 1.41. The first-order valence-corrected chi connectivity index (χ1v) is 9.78. The van der Waals surface area contributed by atoms with Crippen molar-refractivity contribution >= 4 is 23.7 Å². The number of anilines is 1. The Hall–Kier alpha value is -4.11. The van der Waals surface area contributed by atoms with Gasteiger partial charge < -0.3 is 14.3 Å². The second kappa shape index (κ2) is 8.94. The maximum Gasteiger partial charge on any atom is 0.411 e. The van der Waals surface area contributed by atoms with Gasteiger partial charge in [-0.25, -0.2) is 14.7 Å². The van der Waals surface area contributed by atoms with Crippen molar-refractivity contribution in [3.05, 3.63) is 77.7 Å². The Morgan fingerprint density at radius 2 is 1.66 bits per heavy atom. The number of fused-ring (bicyclic) bond motifs is 3. The van der Waals surface area contributed by atoms with E-state index in [1.54, 1.807) is 0 Å². The molecule has 164 valence electrons. The number of nitrogens with one attached hydrogen (secondary N) is 1. The van der Waals surface area contributed by atoms with Crippen molar-refractivity contribution in [2.45, 2.75) is 5.92 Å². The third-order valence-corrected chi connectivity index (χ3v) is 5.11. The van der Waals surface area contributed by atoms with E-state index in [1.165, 1.54) is 19.4 Å². The van der Waals surface area contributed by atoms with Crippen molar-refractivity contribution in [3.8, 4) is 11.1 Å². The standard InChI is InChI=1S/C23H20N2O7/c1-25(32-13-20(26)27)22(28)21-19(10-11-30-21)24-23(29)31-12-18-16-8-4-2-6-14(16)15-7-3-5-9-17(15)18/h2-11,18H,12-13H2,1H3,(H,24,29)(H,26,27). The summed E-state index contributed by atoms with van der Waals surface area (Å²) in [7, 11) is 1.24. The Kier molecular flexibility index (Phi) is 5.91. The summed E-state index contributed by atoms with van der Waals surface area (Å²) in [5.74, 6) is -2.31. The lowest BCUT2D eigenvalue weighted by atomic mass is 9.98. The van der Waals surface area contributed by atoms with Crippen molar-refractivity contribution in [1.82, 2.24) is 5.06 Å². The summed E-state index contributed by atoms with van der Waals surface area (Å²) >= 11 is 0. The summed E-state index contributed by atoms with van der Waals surface area (Å²) in [6, 6.07) is 17.3. The van der Waals surface area contributed by atoms with E-state index >= 15 is 0 Å². The Bertz CT molecular complexity index is 1120. The first kappa shape index (κ1) is 21.1. The van der Waals surface area contributed by atoms with Crippen molar-refractivity contribution in [2.75, 3.05) is 25.6 Å². The average molecular weight is 436 g/mol. The molecule has 0 atom stereocenters. The van der Waals surface area contributed by atoms with E-state index in [-0.39, 0.29) is 24.0 Å². The van der Waals surface area contributed by atoms with Crippen molar-refractivity contribution < 1.29 is 33.5 Å². The molecule has 0 unspecified atom stereocenters. The number of ether oxygens (including phenoxy) is 1. The highest BCUT2D eigenvalue weighted by molar-refractivity contribution is 5.99. The molecular weight excluding hydrogens is 416 g/mol. The van der Waals surface area contributed by atoms with Crippen LogP contribution in [0, 0.1) is 0 Å². The van der Waals surface area contributed by atoms with Gasteiger partial charge in [0.1, 0.15) is 6.61 Å². The van der Waals surface area contributed by atoms with Crippen LogP contribution in [0.4, 0.5) is 10.5 Å². The van der Waals surface area contributed by atoms with Crippen molar-refractivity contribution in [3.63, 3.8) is 0 Å². The van der Waals surface area contributed by atoms with Gasteiger partial charge in [-0.2, -0.15) is 0 Å². The SMILES string of the molecule is CN(OCC(=O)O)C(=O)c1occc1NC(=O)OCC1c2ccccc2-c2ccccc21. The molecule has 4 rings (SSSR count). The van der Waals surface area contributed by atoms with E-state index in [0.29, 0.717) is 0 Å². The molecule has 0 saturated heterocycles. The van der Waals surface area contributed by atoms with Gasteiger partial charge in [0.05, 0.1) is 12.0 Å². The highest BCUT2D eigenvalue weighted by atomic mass is 16.7. The van der Waals surface area contributed by atoms with Crippen LogP contribution in [0.15, 0.2) is 65.3 Å². The first-order chi connectivity index (χ1) is 15.5. The number of nitrogens with zero attached hydrogens (tertiary/aromatic N) is 1. The van der Waals surface area contributed by atoms with Gasteiger partial charge in [0.15, 0.2) is 6.61 Å². The molecule has 0 bridgehead atoms. The minimum Gasteiger partial charge on any atom is -0.479 e. The number of aliphatic carboxylic acids is 1. The van der Waals surface area contributed by atoms with Crippen LogP contribution in [-0.2, 0) is 14.4 Å². The molecule has 2 amide bonds. The largest absolute Gasteiger partial charge is 0.479 e. The number of carbonyl (C=O) groups excluding carboxylic acids is 2. The van der Waals surface area contributed by atoms with E-state index in [2.05, 4.69) is 5.32 Å². The second-order valence-electron chi connectivity index (χ2n) is 7.08. The summed E-state index contributed by atoms with van der Waals surface area (Å²) in [6.45, 7) is -0.583. The third kappa shape index (κ3) is 4.19. The van der Waals surface area contributed by atoms with Gasteiger partial charge in [0.2, 0.25) is 5.76 Å². The van der Waals surface area contributed by atoms with Crippen LogP contribution in [-0.4, -0.2) is 48.4 Å². The number of hydrogen-bond donors (Lipinski definition) is 2. The molecule has 0 saturated carbocycles. The third-order valence-electron chi connectivity index (χ3n) is 5.11.